The Hall–Kier alpha value is -3.87. The van der Waals surface area contributed by atoms with Gasteiger partial charge in [0.15, 0.2) is 5.75 Å². The zero-order valence-electron chi connectivity index (χ0n) is 22.3. The number of carbonyl (C=O) groups is 2. The van der Waals surface area contributed by atoms with E-state index in [1.165, 1.54) is 36.5 Å². The number of amides is 2. The number of halogens is 1. The van der Waals surface area contributed by atoms with Crippen LogP contribution in [0.1, 0.15) is 34.6 Å². The van der Waals surface area contributed by atoms with Crippen molar-refractivity contribution in [2.24, 2.45) is 5.92 Å². The Morgan fingerprint density at radius 2 is 1.88 bits per heavy atom. The molecule has 2 amide bonds. The Morgan fingerprint density at radius 1 is 1.20 bits per heavy atom. The van der Waals surface area contributed by atoms with E-state index in [-0.39, 0.29) is 47.5 Å². The molecule has 0 spiro atoms. The van der Waals surface area contributed by atoms with E-state index in [9.17, 15) is 27.5 Å². The fraction of sp³-hybridized carbons (Fsp3) is 0.321. The predicted octanol–water partition coefficient (Wildman–Crippen LogP) is 3.01. The number of aromatic nitrogens is 1. The molecule has 212 valence electrons. The first-order valence-electron chi connectivity index (χ1n) is 12.7. The van der Waals surface area contributed by atoms with Crippen molar-refractivity contribution in [3.63, 3.8) is 0 Å². The number of benzene rings is 2. The second kappa shape index (κ2) is 12.1. The van der Waals surface area contributed by atoms with Gasteiger partial charge in [0.05, 0.1) is 35.3 Å². The number of ether oxygens (including phenoxy) is 1. The molecule has 0 fully saturated rings. The van der Waals surface area contributed by atoms with Crippen molar-refractivity contribution in [2.75, 3.05) is 32.1 Å². The number of anilines is 1. The molecular weight excluding hydrogens is 539 g/mol. The van der Waals surface area contributed by atoms with Gasteiger partial charge in [-0.1, -0.05) is 13.0 Å². The monoisotopic (exact) mass is 570 g/mol. The summed E-state index contributed by atoms with van der Waals surface area (Å²) in [4.78, 5) is 31.9. The highest BCUT2D eigenvalue weighted by Crippen LogP contribution is 2.35. The van der Waals surface area contributed by atoms with E-state index in [0.717, 1.165) is 16.4 Å². The molecule has 0 unspecified atom stereocenters. The Kier molecular flexibility index (Phi) is 8.82. The van der Waals surface area contributed by atoms with Crippen molar-refractivity contribution in [2.45, 2.75) is 30.9 Å². The van der Waals surface area contributed by atoms with E-state index in [1.807, 2.05) is 6.92 Å². The zero-order chi connectivity index (χ0) is 29.0. The summed E-state index contributed by atoms with van der Waals surface area (Å²) in [7, 11) is -2.60. The molecule has 2 aromatic carbocycles. The highest BCUT2D eigenvalue weighted by atomic mass is 32.2. The van der Waals surface area contributed by atoms with Gasteiger partial charge in [0, 0.05) is 37.5 Å². The van der Waals surface area contributed by atoms with Crippen molar-refractivity contribution in [1.82, 2.24) is 14.2 Å². The Morgan fingerprint density at radius 3 is 2.52 bits per heavy atom. The summed E-state index contributed by atoms with van der Waals surface area (Å²) >= 11 is 0. The number of para-hydroxylation sites is 1. The number of rotatable bonds is 8. The number of carbonyl (C=O) groups excluding carboxylic acids is 2. The second-order valence-corrected chi connectivity index (χ2v) is 11.8. The lowest BCUT2D eigenvalue weighted by Crippen LogP contribution is -2.50. The lowest BCUT2D eigenvalue weighted by Gasteiger charge is -2.38. The van der Waals surface area contributed by atoms with Gasteiger partial charge in [-0.25, -0.2) is 12.8 Å². The number of nitrogens with zero attached hydrogens (tertiary/aromatic N) is 3. The van der Waals surface area contributed by atoms with E-state index in [1.54, 1.807) is 37.3 Å². The standard InChI is InChI=1S/C28H31FN4O6S/c1-18-15-33(19(2)17-34)28(36)23-5-4-6-24(31-27(35)20-11-13-30-14-12-20)26(23)39-25(18)16-32(3)40(37,38)22-9-7-21(29)8-10-22/h4-14,18-19,25,34H,15-17H2,1-3H3,(H,31,35)/t18-,19-,25+/m1/s1. The van der Waals surface area contributed by atoms with Crippen LogP contribution in [0.2, 0.25) is 0 Å². The van der Waals surface area contributed by atoms with Crippen molar-refractivity contribution in [3.05, 3.63) is 83.9 Å². The summed E-state index contributed by atoms with van der Waals surface area (Å²) in [6, 6.07) is 11.8. The van der Waals surface area contributed by atoms with Gasteiger partial charge in [-0.05, 0) is 55.5 Å². The van der Waals surface area contributed by atoms with Gasteiger partial charge in [-0.2, -0.15) is 4.31 Å². The average Bonchev–Trinajstić information content (AvgIpc) is 2.95. The molecule has 0 bridgehead atoms. The highest BCUT2D eigenvalue weighted by Gasteiger charge is 2.36. The van der Waals surface area contributed by atoms with Crippen molar-refractivity contribution < 1.29 is 32.2 Å². The topological polar surface area (TPSA) is 129 Å². The third-order valence-corrected chi connectivity index (χ3v) is 8.68. The van der Waals surface area contributed by atoms with Crippen LogP contribution in [-0.2, 0) is 10.0 Å². The molecule has 40 heavy (non-hydrogen) atoms. The molecule has 1 aromatic heterocycles. The van der Waals surface area contributed by atoms with Crippen LogP contribution in [0.25, 0.3) is 0 Å². The van der Waals surface area contributed by atoms with Crippen LogP contribution in [0, 0.1) is 11.7 Å². The fourth-order valence-electron chi connectivity index (χ4n) is 4.40. The average molecular weight is 571 g/mol. The van der Waals surface area contributed by atoms with Gasteiger partial charge < -0.3 is 20.1 Å². The Bertz CT molecular complexity index is 1470. The SMILES string of the molecule is C[C@@H]1CN([C@H](C)CO)C(=O)c2cccc(NC(=O)c3ccncc3)c2O[C@H]1CN(C)S(=O)(=O)c1ccc(F)cc1. The molecule has 0 aliphatic carbocycles. The van der Waals surface area contributed by atoms with E-state index >= 15 is 0 Å². The number of likely N-dealkylation sites (N-methyl/N-ethyl adjacent to an activating group) is 1. The minimum Gasteiger partial charge on any atom is -0.486 e. The molecule has 12 heteroatoms. The van der Waals surface area contributed by atoms with Crippen LogP contribution >= 0.6 is 0 Å². The molecular formula is C28H31FN4O6S. The van der Waals surface area contributed by atoms with Gasteiger partial charge in [0.2, 0.25) is 10.0 Å². The normalized spacial score (nSPS) is 18.4. The first-order valence-corrected chi connectivity index (χ1v) is 14.1. The lowest BCUT2D eigenvalue weighted by atomic mass is 9.99. The molecule has 3 atom stereocenters. The van der Waals surface area contributed by atoms with Crippen molar-refractivity contribution >= 4 is 27.5 Å². The van der Waals surface area contributed by atoms with Crippen molar-refractivity contribution in [3.8, 4) is 5.75 Å². The number of fused-ring (bicyclic) bond motifs is 1. The summed E-state index contributed by atoms with van der Waals surface area (Å²) in [5, 5.41) is 12.6. The van der Waals surface area contributed by atoms with Gasteiger partial charge in [0.25, 0.3) is 11.8 Å². The number of aliphatic hydroxyl groups is 1. The quantitative estimate of drug-likeness (QED) is 0.426. The fourth-order valence-corrected chi connectivity index (χ4v) is 5.58. The number of hydrogen-bond donors (Lipinski definition) is 2. The smallest absolute Gasteiger partial charge is 0.258 e. The molecule has 2 heterocycles. The summed E-state index contributed by atoms with van der Waals surface area (Å²) in [5.41, 5.74) is 0.733. The predicted molar refractivity (Wildman–Crippen MR) is 146 cm³/mol. The first-order chi connectivity index (χ1) is 19.0. The summed E-state index contributed by atoms with van der Waals surface area (Å²) in [6.07, 6.45) is 2.20. The maximum atomic E-state index is 13.6. The summed E-state index contributed by atoms with van der Waals surface area (Å²) in [6.45, 7) is 3.32. The van der Waals surface area contributed by atoms with Gasteiger partial charge in [-0.3, -0.25) is 14.6 Å². The number of sulfonamides is 1. The van der Waals surface area contributed by atoms with E-state index in [4.69, 9.17) is 4.74 Å². The van der Waals surface area contributed by atoms with Crippen LogP contribution in [0.15, 0.2) is 71.9 Å². The van der Waals surface area contributed by atoms with Gasteiger partial charge in [-0.15, -0.1) is 0 Å². The molecule has 1 aliphatic rings. The maximum Gasteiger partial charge on any atom is 0.258 e. The Balaban J connectivity index is 1.72. The van der Waals surface area contributed by atoms with Crippen molar-refractivity contribution in [1.29, 1.82) is 0 Å². The Labute approximate surface area is 232 Å². The largest absolute Gasteiger partial charge is 0.486 e. The van der Waals surface area contributed by atoms with Gasteiger partial charge in [0.1, 0.15) is 11.9 Å². The lowest BCUT2D eigenvalue weighted by molar-refractivity contribution is 0.0388. The van der Waals surface area contributed by atoms with Gasteiger partial charge >= 0.3 is 0 Å². The third kappa shape index (κ3) is 6.14. The molecule has 2 N–H and O–H groups in total. The molecule has 3 aromatic rings. The van der Waals surface area contributed by atoms with Crippen LogP contribution in [0.3, 0.4) is 0 Å². The molecule has 0 saturated carbocycles. The number of pyridine rings is 1. The van der Waals surface area contributed by atoms with E-state index in [0.29, 0.717) is 5.56 Å². The van der Waals surface area contributed by atoms with Crippen LogP contribution in [0.4, 0.5) is 10.1 Å². The number of nitrogens with one attached hydrogen (secondary N) is 1. The summed E-state index contributed by atoms with van der Waals surface area (Å²) < 4.78 is 47.4. The molecule has 10 nitrogen and oxygen atoms in total. The highest BCUT2D eigenvalue weighted by molar-refractivity contribution is 7.89. The molecule has 0 saturated heterocycles. The van der Waals surface area contributed by atoms with E-state index < -0.39 is 39.8 Å². The first kappa shape index (κ1) is 29.1. The molecule has 0 radical (unpaired) electrons. The number of aliphatic hydroxyl groups excluding tert-OH is 1. The molecule has 4 rings (SSSR count). The van der Waals surface area contributed by atoms with E-state index in [2.05, 4.69) is 10.3 Å². The maximum absolute atomic E-state index is 13.6. The van der Waals surface area contributed by atoms with Crippen LogP contribution in [-0.4, -0.2) is 78.4 Å². The minimum absolute atomic E-state index is 0.0775. The molecule has 1 aliphatic heterocycles. The summed E-state index contributed by atoms with van der Waals surface area (Å²) in [5.74, 6) is -1.70. The zero-order valence-corrected chi connectivity index (χ0v) is 23.1. The van der Waals surface area contributed by atoms with Crippen LogP contribution < -0.4 is 10.1 Å². The van der Waals surface area contributed by atoms with Crippen LogP contribution in [0.5, 0.6) is 5.75 Å². The minimum atomic E-state index is -4.00. The number of hydrogen-bond acceptors (Lipinski definition) is 7. The third-order valence-electron chi connectivity index (χ3n) is 6.84. The second-order valence-electron chi connectivity index (χ2n) is 9.73.